The molecule has 1 saturated heterocycles. The van der Waals surface area contributed by atoms with Crippen LogP contribution in [-0.4, -0.2) is 31.1 Å². The predicted molar refractivity (Wildman–Crippen MR) is 64.4 cm³/mol. The highest BCUT2D eigenvalue weighted by Gasteiger charge is 2.28. The van der Waals surface area contributed by atoms with Crippen molar-refractivity contribution in [2.24, 2.45) is 5.73 Å². The Hall–Kier alpha value is -1.55. The Balaban J connectivity index is 2.37. The van der Waals surface area contributed by atoms with Crippen LogP contribution in [0.3, 0.4) is 0 Å². The van der Waals surface area contributed by atoms with Crippen molar-refractivity contribution in [2.75, 3.05) is 25.0 Å². The molecule has 1 aliphatic rings. The molecule has 16 heavy (non-hydrogen) atoms. The largest absolute Gasteiger partial charge is 0.326 e. The van der Waals surface area contributed by atoms with Gasteiger partial charge in [-0.2, -0.15) is 0 Å². The lowest BCUT2D eigenvalue weighted by molar-refractivity contribution is 0.229. The van der Waals surface area contributed by atoms with E-state index in [1.807, 2.05) is 38.2 Å². The van der Waals surface area contributed by atoms with Crippen LogP contribution in [-0.2, 0) is 0 Å². The van der Waals surface area contributed by atoms with Crippen LogP contribution < -0.4 is 10.6 Å². The molecule has 1 aromatic carbocycles. The minimum absolute atomic E-state index is 0.0492. The maximum atomic E-state index is 11.9. The molecular weight excluding hydrogens is 202 g/mol. The quantitative estimate of drug-likeness (QED) is 0.821. The molecule has 0 radical (unpaired) electrons. The molecule has 86 valence electrons. The number of rotatable bonds is 2. The molecule has 2 rings (SSSR count). The number of para-hydroxylation sites is 1. The first-order valence-electron chi connectivity index (χ1n) is 5.48. The topological polar surface area (TPSA) is 49.6 Å². The number of carbonyl (C=O) groups excluding carboxylic acids is 1. The molecule has 0 bridgehead atoms. The van der Waals surface area contributed by atoms with Crippen molar-refractivity contribution in [1.29, 1.82) is 0 Å². The van der Waals surface area contributed by atoms with Gasteiger partial charge in [0.25, 0.3) is 0 Å². The van der Waals surface area contributed by atoms with Crippen molar-refractivity contribution in [1.82, 2.24) is 4.90 Å². The van der Waals surface area contributed by atoms with Crippen LogP contribution in [0.15, 0.2) is 24.3 Å². The van der Waals surface area contributed by atoms with Crippen LogP contribution in [0, 0.1) is 0 Å². The maximum absolute atomic E-state index is 11.9. The monoisotopic (exact) mass is 219 g/mol. The fraction of sp³-hybridized carbons (Fsp3) is 0.417. The van der Waals surface area contributed by atoms with Crippen LogP contribution in [0.1, 0.15) is 18.5 Å². The van der Waals surface area contributed by atoms with Gasteiger partial charge in [0, 0.05) is 26.2 Å². The summed E-state index contributed by atoms with van der Waals surface area (Å²) in [5.74, 6) is 0. The van der Waals surface area contributed by atoms with E-state index in [9.17, 15) is 4.79 Å². The Kier molecular flexibility index (Phi) is 2.83. The van der Waals surface area contributed by atoms with E-state index < -0.39 is 0 Å². The van der Waals surface area contributed by atoms with Crippen molar-refractivity contribution in [3.05, 3.63) is 29.8 Å². The highest BCUT2D eigenvalue weighted by Crippen LogP contribution is 2.27. The molecular formula is C12H17N3O. The summed E-state index contributed by atoms with van der Waals surface area (Å²) in [6.45, 7) is 3.44. The second-order valence-corrected chi connectivity index (χ2v) is 4.20. The molecule has 4 heteroatoms. The number of amides is 2. The molecule has 2 N–H and O–H groups in total. The molecule has 0 aliphatic carbocycles. The Labute approximate surface area is 95.6 Å². The summed E-state index contributed by atoms with van der Waals surface area (Å²) in [4.78, 5) is 15.4. The zero-order chi connectivity index (χ0) is 11.7. The number of nitrogens with two attached hydrogens (primary N) is 1. The number of nitrogens with zero attached hydrogens (tertiary/aromatic N) is 2. The molecule has 1 aliphatic heterocycles. The number of hydrogen-bond acceptors (Lipinski definition) is 2. The lowest BCUT2D eigenvalue weighted by atomic mass is 10.1. The van der Waals surface area contributed by atoms with Crippen LogP contribution in [0.2, 0.25) is 0 Å². The van der Waals surface area contributed by atoms with Crippen LogP contribution in [0.4, 0.5) is 10.5 Å². The maximum Gasteiger partial charge on any atom is 0.324 e. The summed E-state index contributed by atoms with van der Waals surface area (Å²) in [6, 6.07) is 7.81. The van der Waals surface area contributed by atoms with Gasteiger partial charge in [0.15, 0.2) is 0 Å². The van der Waals surface area contributed by atoms with Gasteiger partial charge in [-0.1, -0.05) is 18.2 Å². The van der Waals surface area contributed by atoms with Crippen LogP contribution >= 0.6 is 0 Å². The average molecular weight is 219 g/mol. The summed E-state index contributed by atoms with van der Waals surface area (Å²) in [5, 5.41) is 0. The van der Waals surface area contributed by atoms with Gasteiger partial charge in [0.05, 0.1) is 5.69 Å². The molecule has 0 aromatic heterocycles. The van der Waals surface area contributed by atoms with Crippen molar-refractivity contribution in [3.8, 4) is 0 Å². The van der Waals surface area contributed by atoms with Gasteiger partial charge in [-0.05, 0) is 18.6 Å². The van der Waals surface area contributed by atoms with E-state index in [1.54, 1.807) is 9.80 Å². The first kappa shape index (κ1) is 11.0. The number of benzene rings is 1. The van der Waals surface area contributed by atoms with Crippen LogP contribution in [0.5, 0.6) is 0 Å². The number of urea groups is 1. The van der Waals surface area contributed by atoms with E-state index in [1.165, 1.54) is 0 Å². The van der Waals surface area contributed by atoms with E-state index in [0.717, 1.165) is 24.3 Å². The molecule has 0 spiro atoms. The smallest absolute Gasteiger partial charge is 0.324 e. The minimum atomic E-state index is -0.0603. The summed E-state index contributed by atoms with van der Waals surface area (Å²) in [7, 11) is 1.82. The standard InChI is InChI=1S/C12H17N3O/c1-9(13)10-5-3-4-6-11(10)15-8-7-14(2)12(15)16/h3-6,9H,7-8,13H2,1-2H3. The van der Waals surface area contributed by atoms with Crippen molar-refractivity contribution in [2.45, 2.75) is 13.0 Å². The normalized spacial score (nSPS) is 18.1. The lowest BCUT2D eigenvalue weighted by Gasteiger charge is -2.21. The van der Waals surface area contributed by atoms with Gasteiger partial charge >= 0.3 is 6.03 Å². The molecule has 4 nitrogen and oxygen atoms in total. The molecule has 1 heterocycles. The Morgan fingerprint density at radius 2 is 2.00 bits per heavy atom. The zero-order valence-electron chi connectivity index (χ0n) is 9.68. The molecule has 1 aromatic rings. The van der Waals surface area contributed by atoms with Gasteiger partial charge in [0.1, 0.15) is 0 Å². The highest BCUT2D eigenvalue weighted by molar-refractivity contribution is 5.94. The molecule has 2 amide bonds. The van der Waals surface area contributed by atoms with Crippen LogP contribution in [0.25, 0.3) is 0 Å². The predicted octanol–water partition coefficient (Wildman–Crippen LogP) is 1.58. The molecule has 1 unspecified atom stereocenters. The fourth-order valence-corrected chi connectivity index (χ4v) is 1.99. The minimum Gasteiger partial charge on any atom is -0.326 e. The lowest BCUT2D eigenvalue weighted by Crippen LogP contribution is -2.30. The Morgan fingerprint density at radius 1 is 1.31 bits per heavy atom. The third-order valence-electron chi connectivity index (χ3n) is 2.93. The third-order valence-corrected chi connectivity index (χ3v) is 2.93. The molecule has 1 fully saturated rings. The van der Waals surface area contributed by atoms with E-state index in [4.69, 9.17) is 5.73 Å². The average Bonchev–Trinajstić information content (AvgIpc) is 2.60. The summed E-state index contributed by atoms with van der Waals surface area (Å²) in [5.41, 5.74) is 7.87. The van der Waals surface area contributed by atoms with E-state index in [0.29, 0.717) is 0 Å². The first-order chi connectivity index (χ1) is 7.61. The number of anilines is 1. The van der Waals surface area contributed by atoms with E-state index in [2.05, 4.69) is 0 Å². The Morgan fingerprint density at radius 3 is 2.56 bits per heavy atom. The summed E-state index contributed by atoms with van der Waals surface area (Å²) >= 11 is 0. The van der Waals surface area contributed by atoms with Gasteiger partial charge in [-0.15, -0.1) is 0 Å². The molecule has 0 saturated carbocycles. The number of hydrogen-bond donors (Lipinski definition) is 1. The fourth-order valence-electron chi connectivity index (χ4n) is 1.99. The SMILES string of the molecule is CC(N)c1ccccc1N1CCN(C)C1=O. The van der Waals surface area contributed by atoms with Crippen molar-refractivity contribution < 1.29 is 4.79 Å². The van der Waals surface area contributed by atoms with Gasteiger partial charge in [-0.25, -0.2) is 4.79 Å². The molecule has 1 atom stereocenters. The summed E-state index contributed by atoms with van der Waals surface area (Å²) < 4.78 is 0. The van der Waals surface area contributed by atoms with Gasteiger partial charge < -0.3 is 10.6 Å². The van der Waals surface area contributed by atoms with E-state index >= 15 is 0 Å². The second kappa shape index (κ2) is 4.14. The van der Waals surface area contributed by atoms with Gasteiger partial charge in [0.2, 0.25) is 0 Å². The van der Waals surface area contributed by atoms with Gasteiger partial charge in [-0.3, -0.25) is 4.90 Å². The van der Waals surface area contributed by atoms with Crippen molar-refractivity contribution in [3.63, 3.8) is 0 Å². The number of carbonyl (C=O) groups is 1. The van der Waals surface area contributed by atoms with Crippen molar-refractivity contribution >= 4 is 11.7 Å². The van der Waals surface area contributed by atoms with E-state index in [-0.39, 0.29) is 12.1 Å². The first-order valence-corrected chi connectivity index (χ1v) is 5.48. The number of likely N-dealkylation sites (N-methyl/N-ethyl adjacent to an activating group) is 1. The second-order valence-electron chi connectivity index (χ2n) is 4.20. The highest BCUT2D eigenvalue weighted by atomic mass is 16.2. The summed E-state index contributed by atoms with van der Waals surface area (Å²) in [6.07, 6.45) is 0. The third kappa shape index (κ3) is 1.76. The Bertz CT molecular complexity index is 403. The zero-order valence-corrected chi connectivity index (χ0v) is 9.68.